The Morgan fingerprint density at radius 2 is 0.968 bits per heavy atom. The summed E-state index contributed by atoms with van der Waals surface area (Å²) in [6, 6.07) is 0. The van der Waals surface area contributed by atoms with Crippen LogP contribution in [0.15, 0.2) is 0 Å². The van der Waals surface area contributed by atoms with Gasteiger partial charge in [-0.3, -0.25) is 28.2 Å². The van der Waals surface area contributed by atoms with Gasteiger partial charge in [-0.15, -0.1) is 0 Å². The smallest absolute Gasteiger partial charge is 0.462 e. The van der Waals surface area contributed by atoms with E-state index >= 15 is 0 Å². The van der Waals surface area contributed by atoms with Crippen LogP contribution in [0.5, 0.6) is 0 Å². The Hall–Kier alpha value is -2.09. The van der Waals surface area contributed by atoms with E-state index in [9.17, 15) is 28.6 Å². The Kier molecular flexibility index (Phi) is 45.5. The Labute approximate surface area is 378 Å². The summed E-state index contributed by atoms with van der Waals surface area (Å²) >= 11 is 0. The van der Waals surface area contributed by atoms with Crippen molar-refractivity contribution in [3.8, 4) is 0 Å². The number of carbonyl (C=O) groups is 4. The van der Waals surface area contributed by atoms with Crippen molar-refractivity contribution < 1.29 is 47.2 Å². The van der Waals surface area contributed by atoms with E-state index < -0.39 is 38.4 Å². The van der Waals surface area contributed by atoms with Crippen LogP contribution < -0.4 is 16.8 Å². The maximum Gasteiger partial charge on any atom is 0.472 e. The number of hydrogen-bond acceptors (Lipinski definition) is 11. The monoisotopic (exact) mass is 907 g/mol. The summed E-state index contributed by atoms with van der Waals surface area (Å²) in [5.41, 5.74) is 0. The number of phosphoric acid groups is 1. The van der Waals surface area contributed by atoms with Crippen molar-refractivity contribution >= 4 is 31.6 Å². The summed E-state index contributed by atoms with van der Waals surface area (Å²) in [5.74, 6) is -1.63. The molecule has 0 aromatic heterocycles. The van der Waals surface area contributed by atoms with Gasteiger partial charge in [0.1, 0.15) is 6.61 Å². The first-order valence-corrected chi connectivity index (χ1v) is 26.2. The molecule has 2 amide bonds. The van der Waals surface area contributed by atoms with Gasteiger partial charge in [-0.25, -0.2) is 4.57 Å². The Balaban J connectivity index is 0. The number of amides is 2. The van der Waals surface area contributed by atoms with Gasteiger partial charge in [0.2, 0.25) is 11.8 Å². The summed E-state index contributed by atoms with van der Waals surface area (Å²) in [4.78, 5) is 60.8. The molecule has 368 valence electrons. The topological polar surface area (TPSA) is 205 Å². The van der Waals surface area contributed by atoms with Crippen molar-refractivity contribution in [1.82, 2.24) is 21.7 Å². The van der Waals surface area contributed by atoms with Gasteiger partial charge in [0.15, 0.2) is 6.10 Å². The van der Waals surface area contributed by atoms with Crippen LogP contribution in [0.1, 0.15) is 219 Å². The summed E-state index contributed by atoms with van der Waals surface area (Å²) in [5, 5.41) is 5.24. The van der Waals surface area contributed by atoms with E-state index in [0.717, 1.165) is 38.5 Å². The summed E-state index contributed by atoms with van der Waals surface area (Å²) < 4.78 is 33.7. The molecule has 0 aliphatic carbocycles. The van der Waals surface area contributed by atoms with Gasteiger partial charge in [0.05, 0.1) is 26.3 Å². The number of carbonyl (C=O) groups excluding carboxylic acids is 4. The van der Waals surface area contributed by atoms with Crippen LogP contribution in [0.25, 0.3) is 0 Å². The Bertz CT molecular complexity index is 1120. The highest BCUT2D eigenvalue weighted by atomic mass is 31.2. The van der Waals surface area contributed by atoms with E-state index in [-0.39, 0.29) is 57.7 Å². The van der Waals surface area contributed by atoms with E-state index in [1.54, 1.807) is 7.05 Å². The molecule has 0 aromatic carbocycles. The van der Waals surface area contributed by atoms with Crippen molar-refractivity contribution in [2.75, 3.05) is 53.6 Å². The van der Waals surface area contributed by atoms with Gasteiger partial charge in [-0.1, -0.05) is 194 Å². The zero-order valence-corrected chi connectivity index (χ0v) is 41.1. The first kappa shape index (κ1) is 62.0. The molecule has 0 rings (SSSR count). The lowest BCUT2D eigenvalue weighted by Gasteiger charge is -2.20. The average Bonchev–Trinajstić information content (AvgIpc) is 3.23. The van der Waals surface area contributed by atoms with Crippen LogP contribution in [0.3, 0.4) is 0 Å². The molecule has 62 heavy (non-hydrogen) atoms. The van der Waals surface area contributed by atoms with E-state index in [4.69, 9.17) is 18.5 Å². The molecule has 0 radical (unpaired) electrons. The molecule has 14 nitrogen and oxygen atoms in total. The largest absolute Gasteiger partial charge is 0.472 e. The van der Waals surface area contributed by atoms with Gasteiger partial charge < -0.3 is 36.1 Å². The van der Waals surface area contributed by atoms with Crippen molar-refractivity contribution in [1.29, 1.82) is 0 Å². The van der Waals surface area contributed by atoms with E-state index in [1.807, 2.05) is 0 Å². The van der Waals surface area contributed by atoms with E-state index in [0.29, 0.717) is 12.8 Å². The minimum Gasteiger partial charge on any atom is -0.462 e. The lowest BCUT2D eigenvalue weighted by Crippen LogP contribution is -2.42. The van der Waals surface area contributed by atoms with Gasteiger partial charge in [0.25, 0.3) is 0 Å². The molecule has 0 fully saturated rings. The van der Waals surface area contributed by atoms with E-state index in [2.05, 4.69) is 24.5 Å². The molecule has 0 spiro atoms. The molecule has 0 aromatic rings. The summed E-state index contributed by atoms with van der Waals surface area (Å²) in [7, 11) is -1.49. The second kappa shape index (κ2) is 45.5. The third-order valence-corrected chi connectivity index (χ3v) is 11.9. The molecule has 15 heteroatoms. The number of nitrogens with zero attached hydrogens (tertiary/aromatic N) is 1. The Morgan fingerprint density at radius 1 is 0.581 bits per heavy atom. The van der Waals surface area contributed by atoms with Crippen molar-refractivity contribution in [2.45, 2.75) is 225 Å². The molecule has 0 bridgehead atoms. The lowest BCUT2D eigenvalue weighted by atomic mass is 10.0. The van der Waals surface area contributed by atoms with Crippen molar-refractivity contribution in [2.24, 2.45) is 0 Å². The number of rotatable bonds is 46. The Morgan fingerprint density at radius 3 is 1.37 bits per heavy atom. The molecule has 0 saturated carbocycles. The van der Waals surface area contributed by atoms with Crippen LogP contribution in [-0.4, -0.2) is 93.2 Å². The molecule has 0 aliphatic rings. The number of phosphoric ester groups is 1. The average molecular weight is 907 g/mol. The second-order valence-corrected chi connectivity index (χ2v) is 18.4. The highest BCUT2D eigenvalue weighted by Crippen LogP contribution is 2.43. The standard InChI is InChI=1S/C47H92N3O10P.H3N/c1-5-7-9-11-13-15-17-19-21-23-25-27-29-31-33-35-46(53)57-41-43(42-59-61(55,56)58-38-37-49-44(51)40-50(4)45(52)39-48-3)60-47(54)36-34-32-30-28-26-24-22-20-18-16-14-12-10-8-6-2;/h43,48H,5-42H2,1-4H3,(H,49,51)(H,55,56);1H3/t43-;/m1./s1. The number of likely N-dealkylation sites (N-methyl/N-ethyl adjacent to an activating group) is 2. The third kappa shape index (κ3) is 43.2. The predicted molar refractivity (Wildman–Crippen MR) is 251 cm³/mol. The first-order chi connectivity index (χ1) is 29.5. The highest BCUT2D eigenvalue weighted by Gasteiger charge is 2.26. The maximum atomic E-state index is 12.8. The molecule has 0 saturated heterocycles. The normalized spacial score (nSPS) is 12.6. The van der Waals surface area contributed by atoms with Crippen molar-refractivity contribution in [3.63, 3.8) is 0 Å². The van der Waals surface area contributed by atoms with Gasteiger partial charge in [-0.05, 0) is 19.9 Å². The zero-order chi connectivity index (χ0) is 45.1. The first-order valence-electron chi connectivity index (χ1n) is 24.7. The minimum absolute atomic E-state index is 0. The number of ether oxygens (including phenoxy) is 2. The minimum atomic E-state index is -4.61. The van der Waals surface area contributed by atoms with Crippen LogP contribution in [0.4, 0.5) is 0 Å². The number of unbranched alkanes of at least 4 members (excludes halogenated alkanes) is 28. The maximum absolute atomic E-state index is 12.8. The van der Waals surface area contributed by atoms with Gasteiger partial charge >= 0.3 is 19.8 Å². The fraction of sp³-hybridized carbons (Fsp3) is 0.915. The zero-order valence-electron chi connectivity index (χ0n) is 40.2. The van der Waals surface area contributed by atoms with Gasteiger partial charge in [-0.2, -0.15) is 0 Å². The van der Waals surface area contributed by atoms with E-state index in [1.165, 1.54) is 153 Å². The number of nitrogens with one attached hydrogen (secondary N) is 2. The van der Waals surface area contributed by atoms with Crippen LogP contribution in [0, 0.1) is 0 Å². The number of hydrogen-bond donors (Lipinski definition) is 4. The molecular formula is C47H95N4O10P. The SMILES string of the molecule is CCCCCCCCCCCCCCCCCC(=O)OC[C@H](COP(=O)(O)OCCNC(=O)CN(C)C(=O)CNC)OC(=O)CCCCCCCCCCCCCCCCC.N. The van der Waals surface area contributed by atoms with Crippen LogP contribution >= 0.6 is 7.82 Å². The molecular weight excluding hydrogens is 812 g/mol. The second-order valence-electron chi connectivity index (χ2n) is 16.9. The molecule has 0 aliphatic heterocycles. The quantitative estimate of drug-likeness (QED) is 0.0256. The van der Waals surface area contributed by atoms with Crippen LogP contribution in [0.2, 0.25) is 0 Å². The predicted octanol–water partition coefficient (Wildman–Crippen LogP) is 11.1. The fourth-order valence-electron chi connectivity index (χ4n) is 7.11. The van der Waals surface area contributed by atoms with Crippen molar-refractivity contribution in [3.05, 3.63) is 0 Å². The third-order valence-electron chi connectivity index (χ3n) is 10.9. The van der Waals surface area contributed by atoms with Gasteiger partial charge in [0, 0.05) is 26.4 Å². The van der Waals surface area contributed by atoms with Crippen LogP contribution in [-0.2, 0) is 42.3 Å². The molecule has 2 atom stereocenters. The lowest BCUT2D eigenvalue weighted by molar-refractivity contribution is -0.161. The highest BCUT2D eigenvalue weighted by molar-refractivity contribution is 7.47. The molecule has 0 heterocycles. The number of esters is 2. The fourth-order valence-corrected chi connectivity index (χ4v) is 7.86. The molecule has 6 N–H and O–H groups in total. The molecule has 1 unspecified atom stereocenters. The summed E-state index contributed by atoms with van der Waals surface area (Å²) in [6.45, 7) is 3.14. The summed E-state index contributed by atoms with van der Waals surface area (Å²) in [6.07, 6.45) is 36.0.